The lowest BCUT2D eigenvalue weighted by Gasteiger charge is -2.54. The number of aliphatic imine (C=N–C) groups is 1. The summed E-state index contributed by atoms with van der Waals surface area (Å²) in [6.07, 6.45) is 2.86. The van der Waals surface area contributed by atoms with Crippen LogP contribution in [0.5, 0.6) is 0 Å². The lowest BCUT2D eigenvalue weighted by Crippen LogP contribution is -2.68. The highest BCUT2D eigenvalue weighted by molar-refractivity contribution is 14.0. The fourth-order valence-corrected chi connectivity index (χ4v) is 4.77. The van der Waals surface area contributed by atoms with Crippen LogP contribution in [-0.4, -0.2) is 38.3 Å². The normalized spacial score (nSPS) is 35.2. The van der Waals surface area contributed by atoms with Gasteiger partial charge in [0.2, 0.25) is 0 Å². The molecule has 1 saturated heterocycles. The first-order chi connectivity index (χ1) is 11.6. The Morgan fingerprint density at radius 1 is 1.28 bits per heavy atom. The summed E-state index contributed by atoms with van der Waals surface area (Å²) < 4.78 is 5.88. The Hall–Kier alpha value is -0.820. The van der Waals surface area contributed by atoms with Gasteiger partial charge in [-0.15, -0.1) is 24.0 Å². The average Bonchev–Trinajstić information content (AvgIpc) is 3.23. The van der Waals surface area contributed by atoms with Crippen molar-refractivity contribution < 1.29 is 4.74 Å². The van der Waals surface area contributed by atoms with Gasteiger partial charge in [-0.1, -0.05) is 44.2 Å². The molecular weight excluding hydrogens is 425 g/mol. The van der Waals surface area contributed by atoms with Crippen molar-refractivity contribution >= 4 is 29.9 Å². The SMILES string of the molecule is CN=C(NCC1CC1c1ccccc1)NC1C2CCOC2C1(C)C.I. The zero-order valence-corrected chi connectivity index (χ0v) is 17.7. The van der Waals surface area contributed by atoms with Crippen molar-refractivity contribution in [3.63, 3.8) is 0 Å². The number of hydrogen-bond donors (Lipinski definition) is 2. The van der Waals surface area contributed by atoms with Gasteiger partial charge in [0, 0.05) is 37.6 Å². The first-order valence-corrected chi connectivity index (χ1v) is 9.25. The summed E-state index contributed by atoms with van der Waals surface area (Å²) in [5, 5.41) is 7.21. The van der Waals surface area contributed by atoms with Crippen LogP contribution in [-0.2, 0) is 4.74 Å². The van der Waals surface area contributed by atoms with E-state index in [0.717, 1.165) is 25.0 Å². The lowest BCUT2D eigenvalue weighted by molar-refractivity contribution is -0.106. The van der Waals surface area contributed by atoms with E-state index in [0.29, 0.717) is 24.0 Å². The third-order valence-electron chi connectivity index (χ3n) is 6.30. The van der Waals surface area contributed by atoms with E-state index in [1.807, 2.05) is 7.05 Å². The third-order valence-corrected chi connectivity index (χ3v) is 6.30. The van der Waals surface area contributed by atoms with Gasteiger partial charge in [0.25, 0.3) is 0 Å². The second kappa shape index (κ2) is 7.43. The number of guanidine groups is 1. The van der Waals surface area contributed by atoms with Gasteiger partial charge in [0.05, 0.1) is 6.10 Å². The Labute approximate surface area is 168 Å². The molecule has 1 aliphatic heterocycles. The van der Waals surface area contributed by atoms with Crippen molar-refractivity contribution in [2.45, 2.75) is 44.8 Å². The molecule has 5 unspecified atom stereocenters. The summed E-state index contributed by atoms with van der Waals surface area (Å²) in [4.78, 5) is 4.44. The summed E-state index contributed by atoms with van der Waals surface area (Å²) in [5.74, 6) is 3.01. The fraction of sp³-hybridized carbons (Fsp3) is 0.650. The van der Waals surface area contributed by atoms with Gasteiger partial charge in [-0.3, -0.25) is 4.99 Å². The Morgan fingerprint density at radius 3 is 2.76 bits per heavy atom. The maximum absolute atomic E-state index is 5.88. The first kappa shape index (κ1) is 19.0. The molecule has 0 radical (unpaired) electrons. The minimum Gasteiger partial charge on any atom is -0.377 e. The van der Waals surface area contributed by atoms with E-state index in [1.165, 1.54) is 18.4 Å². The molecule has 0 amide bonds. The van der Waals surface area contributed by atoms with E-state index in [-0.39, 0.29) is 29.4 Å². The zero-order chi connectivity index (χ0) is 16.7. The highest BCUT2D eigenvalue weighted by atomic mass is 127. The highest BCUT2D eigenvalue weighted by Gasteiger charge is 2.59. The Morgan fingerprint density at radius 2 is 2.04 bits per heavy atom. The minimum absolute atomic E-state index is 0. The Balaban J connectivity index is 0.00000182. The number of nitrogens with one attached hydrogen (secondary N) is 2. The number of hydrogen-bond acceptors (Lipinski definition) is 2. The van der Waals surface area contributed by atoms with E-state index < -0.39 is 0 Å². The van der Waals surface area contributed by atoms with E-state index in [2.05, 4.69) is 59.8 Å². The highest BCUT2D eigenvalue weighted by Crippen LogP contribution is 2.52. The van der Waals surface area contributed by atoms with E-state index >= 15 is 0 Å². The minimum atomic E-state index is 0. The Kier molecular flexibility index (Phi) is 5.63. The second-order valence-corrected chi connectivity index (χ2v) is 8.15. The molecular formula is C20H30IN3O. The van der Waals surface area contributed by atoms with Crippen molar-refractivity contribution in [1.82, 2.24) is 10.6 Å². The molecule has 2 N–H and O–H groups in total. The van der Waals surface area contributed by atoms with E-state index in [1.54, 1.807) is 0 Å². The maximum atomic E-state index is 5.88. The van der Waals surface area contributed by atoms with Crippen LogP contribution >= 0.6 is 24.0 Å². The van der Waals surface area contributed by atoms with E-state index in [9.17, 15) is 0 Å². The van der Waals surface area contributed by atoms with Crippen LogP contribution in [0, 0.1) is 17.3 Å². The van der Waals surface area contributed by atoms with Gasteiger partial charge >= 0.3 is 0 Å². The summed E-state index contributed by atoms with van der Waals surface area (Å²) in [6, 6.07) is 11.3. The van der Waals surface area contributed by atoms with Gasteiger partial charge in [-0.25, -0.2) is 0 Å². The van der Waals surface area contributed by atoms with Crippen LogP contribution in [0.15, 0.2) is 35.3 Å². The average molecular weight is 455 g/mol. The summed E-state index contributed by atoms with van der Waals surface area (Å²) in [6.45, 7) is 6.51. The van der Waals surface area contributed by atoms with Crippen molar-refractivity contribution in [3.8, 4) is 0 Å². The predicted octanol–water partition coefficient (Wildman–Crippen LogP) is 3.39. The van der Waals surface area contributed by atoms with Gasteiger partial charge in [-0.05, 0) is 30.2 Å². The molecule has 0 bridgehead atoms. The molecule has 2 saturated carbocycles. The zero-order valence-electron chi connectivity index (χ0n) is 15.4. The van der Waals surface area contributed by atoms with Crippen molar-refractivity contribution in [3.05, 3.63) is 35.9 Å². The number of ether oxygens (including phenoxy) is 1. The molecule has 0 aromatic heterocycles. The Bertz CT molecular complexity index is 619. The molecule has 1 aromatic rings. The van der Waals surface area contributed by atoms with Crippen LogP contribution in [0.4, 0.5) is 0 Å². The van der Waals surface area contributed by atoms with Crippen LogP contribution < -0.4 is 10.6 Å². The number of fused-ring (bicyclic) bond motifs is 1. The van der Waals surface area contributed by atoms with Crippen LogP contribution in [0.25, 0.3) is 0 Å². The molecule has 3 aliphatic rings. The largest absolute Gasteiger partial charge is 0.377 e. The smallest absolute Gasteiger partial charge is 0.191 e. The van der Waals surface area contributed by atoms with Crippen molar-refractivity contribution in [2.75, 3.05) is 20.2 Å². The van der Waals surface area contributed by atoms with Crippen LogP contribution in [0.2, 0.25) is 0 Å². The monoisotopic (exact) mass is 455 g/mol. The molecule has 5 heteroatoms. The second-order valence-electron chi connectivity index (χ2n) is 8.15. The summed E-state index contributed by atoms with van der Waals surface area (Å²) in [7, 11) is 1.87. The number of halogens is 1. The molecule has 4 rings (SSSR count). The number of benzene rings is 1. The van der Waals surface area contributed by atoms with Gasteiger partial charge < -0.3 is 15.4 Å². The topological polar surface area (TPSA) is 45.7 Å². The van der Waals surface area contributed by atoms with Crippen molar-refractivity contribution in [1.29, 1.82) is 0 Å². The van der Waals surface area contributed by atoms with Crippen molar-refractivity contribution in [2.24, 2.45) is 22.2 Å². The maximum Gasteiger partial charge on any atom is 0.191 e. The molecule has 2 aliphatic carbocycles. The number of rotatable bonds is 4. The van der Waals surface area contributed by atoms with Crippen LogP contribution in [0.3, 0.4) is 0 Å². The summed E-state index contributed by atoms with van der Waals surface area (Å²) >= 11 is 0. The summed E-state index contributed by atoms with van der Waals surface area (Å²) in [5.41, 5.74) is 1.66. The molecule has 4 nitrogen and oxygen atoms in total. The quantitative estimate of drug-likeness (QED) is 0.416. The van der Waals surface area contributed by atoms with Gasteiger partial charge in [-0.2, -0.15) is 0 Å². The number of nitrogens with zero attached hydrogens (tertiary/aromatic N) is 1. The lowest BCUT2D eigenvalue weighted by atomic mass is 9.57. The third kappa shape index (κ3) is 3.54. The molecule has 138 valence electrons. The molecule has 0 spiro atoms. The molecule has 5 atom stereocenters. The van der Waals surface area contributed by atoms with Crippen LogP contribution in [0.1, 0.15) is 38.2 Å². The standard InChI is InChI=1S/C20H29N3O.HI/c1-20(2)17(15-9-10-24-18(15)20)23-19(21-3)22-12-14-11-16(14)13-7-5-4-6-8-13;/h4-8,14-18H,9-12H2,1-3H3,(H2,21,22,23);1H. The molecule has 1 aromatic carbocycles. The fourth-order valence-electron chi connectivity index (χ4n) is 4.77. The van der Waals surface area contributed by atoms with E-state index in [4.69, 9.17) is 4.74 Å². The molecule has 25 heavy (non-hydrogen) atoms. The molecule has 3 fully saturated rings. The van der Waals surface area contributed by atoms with Gasteiger partial charge in [0.1, 0.15) is 0 Å². The molecule has 1 heterocycles. The first-order valence-electron chi connectivity index (χ1n) is 9.25. The van der Waals surface area contributed by atoms with Gasteiger partial charge in [0.15, 0.2) is 5.96 Å². The predicted molar refractivity (Wildman–Crippen MR) is 113 cm³/mol.